The molecule has 1 aromatic heterocycles. The fraction of sp³-hybridized carbons (Fsp3) is 0.196. The molecule has 0 atom stereocenters. The molecule has 10 nitrogen and oxygen atoms in total. The van der Waals surface area contributed by atoms with E-state index in [4.69, 9.17) is 23.7 Å². The second-order valence-electron chi connectivity index (χ2n) is 14.7. The van der Waals surface area contributed by atoms with Gasteiger partial charge in [0.15, 0.2) is 12.3 Å². The van der Waals surface area contributed by atoms with E-state index >= 15 is 0 Å². The van der Waals surface area contributed by atoms with E-state index in [-0.39, 0.29) is 11.5 Å². The highest BCUT2D eigenvalue weighted by atomic mass is 32.2. The Hall–Kier alpha value is -6.28. The molecule has 0 radical (unpaired) electrons. The van der Waals surface area contributed by atoms with E-state index in [1.165, 1.54) is 34.5 Å². The zero-order chi connectivity index (χ0) is 43.4. The summed E-state index contributed by atoms with van der Waals surface area (Å²) in [6.45, 7) is 5.72. The maximum Gasteiger partial charge on any atom is 0.263 e. The van der Waals surface area contributed by atoms with Crippen molar-refractivity contribution in [1.82, 2.24) is 0 Å². The molecule has 0 bridgehead atoms. The molecule has 322 valence electrons. The highest BCUT2D eigenvalue weighted by molar-refractivity contribution is 7.85. The Bertz CT molecular complexity index is 2780. The molecule has 0 aliphatic carbocycles. The first-order chi connectivity index (χ1) is 30.8. The molecule has 2 heterocycles. The van der Waals surface area contributed by atoms with Gasteiger partial charge in [-0.15, -0.1) is 0 Å². The predicted octanol–water partition coefficient (Wildman–Crippen LogP) is 10.2. The van der Waals surface area contributed by atoms with Crippen molar-refractivity contribution in [2.24, 2.45) is 0 Å². The lowest BCUT2D eigenvalue weighted by molar-refractivity contribution is -0.670. The molecular formula is C51H48N2O8S2. The van der Waals surface area contributed by atoms with Gasteiger partial charge < -0.3 is 33.1 Å². The summed E-state index contributed by atoms with van der Waals surface area (Å²) in [5, 5.41) is 1.11. The number of allylic oxidation sites excluding steroid dienone is 2. The molecule has 7 aromatic rings. The summed E-state index contributed by atoms with van der Waals surface area (Å²) in [6.07, 6.45) is 5.14. The third kappa shape index (κ3) is 11.2. The van der Waals surface area contributed by atoms with Crippen molar-refractivity contribution in [3.63, 3.8) is 0 Å². The lowest BCUT2D eigenvalue weighted by Crippen LogP contribution is -2.37. The molecular weight excluding hydrogens is 833 g/mol. The zero-order valence-electron chi connectivity index (χ0n) is 34.9. The summed E-state index contributed by atoms with van der Waals surface area (Å²) in [6, 6.07) is 48.8. The summed E-state index contributed by atoms with van der Waals surface area (Å²) in [4.78, 5) is 1.86. The van der Waals surface area contributed by atoms with Crippen LogP contribution in [0, 0.1) is 0 Å². The summed E-state index contributed by atoms with van der Waals surface area (Å²) >= 11 is 1.75. The molecule has 0 unspecified atom stereocenters. The van der Waals surface area contributed by atoms with Crippen LogP contribution in [0.3, 0.4) is 0 Å². The molecule has 6 aromatic carbocycles. The maximum atomic E-state index is 11.3. The number of ether oxygens (including phenoxy) is 5. The summed E-state index contributed by atoms with van der Waals surface area (Å²) in [7, 11) is -4.52. The van der Waals surface area contributed by atoms with Crippen molar-refractivity contribution in [2.75, 3.05) is 51.1 Å². The number of fused-ring (bicyclic) bond motifs is 2. The molecule has 8 rings (SSSR count). The number of nitrogens with zero attached hydrogens (tertiary/aromatic N) is 2. The largest absolute Gasteiger partial charge is 0.744 e. The second kappa shape index (κ2) is 20.7. The van der Waals surface area contributed by atoms with Crippen LogP contribution >= 0.6 is 11.3 Å². The average Bonchev–Trinajstić information content (AvgIpc) is 3.84. The average molecular weight is 881 g/mol. The van der Waals surface area contributed by atoms with Crippen molar-refractivity contribution in [3.05, 3.63) is 174 Å². The normalized spacial score (nSPS) is 13.3. The Morgan fingerprint density at radius 2 is 1.29 bits per heavy atom. The van der Waals surface area contributed by atoms with Crippen LogP contribution in [0.2, 0.25) is 0 Å². The first kappa shape index (κ1) is 43.4. The van der Waals surface area contributed by atoms with Gasteiger partial charge in [-0.05, 0) is 88.8 Å². The molecule has 1 aliphatic heterocycles. The van der Waals surface area contributed by atoms with Gasteiger partial charge in [-0.1, -0.05) is 109 Å². The maximum absolute atomic E-state index is 11.3. The highest BCUT2D eigenvalue weighted by Crippen LogP contribution is 2.42. The smallest absolute Gasteiger partial charge is 0.263 e. The monoisotopic (exact) mass is 880 g/mol. The number of hydrogen-bond acceptors (Lipinski definition) is 10. The molecule has 1 aliphatic rings. The van der Waals surface area contributed by atoms with E-state index in [1.54, 1.807) is 11.3 Å². The number of aromatic nitrogens is 1. The molecule has 0 N–H and O–H groups in total. The number of benzene rings is 6. The Kier molecular flexibility index (Phi) is 14.3. The highest BCUT2D eigenvalue weighted by Gasteiger charge is 2.28. The van der Waals surface area contributed by atoms with Crippen molar-refractivity contribution in [2.45, 2.75) is 24.8 Å². The standard InChI is InChI=1S/C51H48N2O8S2/c1-2-38(35-51-53(27-29-58-30-32-59-43-16-10-5-11-17-43)47-37-42(19-25-49(47)62-51)40-14-8-4-9-15-40)34-50-52(46-36-41(18-24-48(46)61-50)39-12-6-3-7-13-39)26-28-57-31-33-60-44-20-22-45(23-21-44)63(54,55)56/h3-25,34-37H,2,26-33H2,1H3. The van der Waals surface area contributed by atoms with Crippen molar-refractivity contribution in [1.29, 1.82) is 0 Å². The quantitative estimate of drug-likeness (QED) is 0.0420. The molecule has 0 amide bonds. The van der Waals surface area contributed by atoms with Gasteiger partial charge in [-0.3, -0.25) is 0 Å². The minimum atomic E-state index is -4.52. The number of anilines is 1. The molecule has 12 heteroatoms. The van der Waals surface area contributed by atoms with Crippen LogP contribution in [0.4, 0.5) is 5.69 Å². The van der Waals surface area contributed by atoms with E-state index in [0.717, 1.165) is 56.4 Å². The van der Waals surface area contributed by atoms with Crippen LogP contribution in [0.25, 0.3) is 38.5 Å². The minimum Gasteiger partial charge on any atom is -0.744 e. The van der Waals surface area contributed by atoms with E-state index < -0.39 is 10.1 Å². The van der Waals surface area contributed by atoms with Gasteiger partial charge in [0.1, 0.15) is 46.1 Å². The summed E-state index contributed by atoms with van der Waals surface area (Å²) in [5.74, 6) is 2.75. The van der Waals surface area contributed by atoms with Crippen LogP contribution in [0.1, 0.15) is 18.4 Å². The Balaban J connectivity index is 1.02. The van der Waals surface area contributed by atoms with Gasteiger partial charge in [0.05, 0.1) is 30.4 Å². The lowest BCUT2D eigenvalue weighted by atomic mass is 10.0. The van der Waals surface area contributed by atoms with Crippen molar-refractivity contribution >= 4 is 43.4 Å². The molecule has 0 fully saturated rings. The number of rotatable bonds is 20. The first-order valence-corrected chi connectivity index (χ1v) is 23.2. The molecule has 63 heavy (non-hydrogen) atoms. The summed E-state index contributed by atoms with van der Waals surface area (Å²) in [5.41, 5.74) is 7.70. The SMILES string of the molecule is CCC(=Cc1sc2ccc(-c3ccccc3)cc2[n+]1CCOCCOc1ccccc1)C=C1Oc2ccc(-c3ccccc3)cc2N1CCOCCOc1ccc(S(=O)(=O)[O-])cc1. The van der Waals surface area contributed by atoms with Crippen LogP contribution in [-0.4, -0.2) is 59.2 Å². The lowest BCUT2D eigenvalue weighted by Gasteiger charge is -2.19. The van der Waals surface area contributed by atoms with E-state index in [0.29, 0.717) is 57.8 Å². The van der Waals surface area contributed by atoms with Crippen LogP contribution in [0.5, 0.6) is 17.2 Å². The third-order valence-electron chi connectivity index (χ3n) is 10.5. The summed E-state index contributed by atoms with van der Waals surface area (Å²) < 4.78 is 67.8. The number of para-hydroxylation sites is 1. The van der Waals surface area contributed by atoms with Gasteiger partial charge in [-0.2, -0.15) is 4.57 Å². The molecule has 0 spiro atoms. The Morgan fingerprint density at radius 1 is 0.683 bits per heavy atom. The fourth-order valence-electron chi connectivity index (χ4n) is 7.23. The van der Waals surface area contributed by atoms with Gasteiger partial charge in [-0.25, -0.2) is 8.42 Å². The Morgan fingerprint density at radius 3 is 1.94 bits per heavy atom. The predicted molar refractivity (Wildman–Crippen MR) is 247 cm³/mol. The third-order valence-corrected chi connectivity index (χ3v) is 12.4. The van der Waals surface area contributed by atoms with Gasteiger partial charge >= 0.3 is 0 Å². The van der Waals surface area contributed by atoms with Crippen LogP contribution < -0.4 is 23.7 Å². The van der Waals surface area contributed by atoms with Crippen LogP contribution in [-0.2, 0) is 26.1 Å². The van der Waals surface area contributed by atoms with Gasteiger partial charge in [0, 0.05) is 24.8 Å². The first-order valence-electron chi connectivity index (χ1n) is 20.9. The number of hydrogen-bond donors (Lipinski definition) is 0. The van der Waals surface area contributed by atoms with E-state index in [9.17, 15) is 13.0 Å². The van der Waals surface area contributed by atoms with Gasteiger partial charge in [0.2, 0.25) is 11.4 Å². The zero-order valence-corrected chi connectivity index (χ0v) is 36.6. The number of thiazole rings is 1. The van der Waals surface area contributed by atoms with Crippen molar-refractivity contribution < 1.29 is 41.2 Å². The molecule has 0 saturated carbocycles. The van der Waals surface area contributed by atoms with Crippen molar-refractivity contribution in [3.8, 4) is 39.5 Å². The van der Waals surface area contributed by atoms with E-state index in [2.05, 4.69) is 95.3 Å². The fourth-order valence-corrected chi connectivity index (χ4v) is 8.85. The van der Waals surface area contributed by atoms with E-state index in [1.807, 2.05) is 60.7 Å². The molecule has 0 saturated heterocycles. The minimum absolute atomic E-state index is 0.245. The van der Waals surface area contributed by atoms with Crippen LogP contribution in [0.15, 0.2) is 174 Å². The second-order valence-corrected chi connectivity index (χ2v) is 17.1. The Labute approximate surface area is 372 Å². The topological polar surface area (TPSA) is 110 Å². The van der Waals surface area contributed by atoms with Gasteiger partial charge in [0.25, 0.3) is 5.01 Å².